The fourth-order valence-corrected chi connectivity index (χ4v) is 3.21. The van der Waals surface area contributed by atoms with Gasteiger partial charge in [0.2, 0.25) is 0 Å². The Bertz CT molecular complexity index is 925. The minimum atomic E-state index is -0.269. The molecule has 0 bridgehead atoms. The molecular formula is C21H21NO4. The quantitative estimate of drug-likeness (QED) is 0.732. The fourth-order valence-electron chi connectivity index (χ4n) is 3.21. The van der Waals surface area contributed by atoms with E-state index >= 15 is 0 Å². The second-order valence-corrected chi connectivity index (χ2v) is 6.48. The molecule has 5 heteroatoms. The van der Waals surface area contributed by atoms with E-state index in [2.05, 4.69) is 5.32 Å². The number of para-hydroxylation sites is 1. The number of ether oxygens (including phenoxy) is 2. The molecule has 134 valence electrons. The van der Waals surface area contributed by atoms with Gasteiger partial charge in [-0.15, -0.1) is 0 Å². The molecule has 1 saturated heterocycles. The molecule has 2 heterocycles. The van der Waals surface area contributed by atoms with Crippen molar-refractivity contribution in [1.82, 2.24) is 0 Å². The third-order valence-corrected chi connectivity index (χ3v) is 4.60. The zero-order valence-corrected chi connectivity index (χ0v) is 14.7. The number of amides is 1. The van der Waals surface area contributed by atoms with Crippen molar-refractivity contribution in [2.45, 2.75) is 25.9 Å². The van der Waals surface area contributed by atoms with Crippen molar-refractivity contribution in [3.8, 4) is 5.75 Å². The number of hydrogen-bond donors (Lipinski definition) is 1. The molecule has 3 aromatic rings. The highest BCUT2D eigenvalue weighted by Crippen LogP contribution is 2.26. The van der Waals surface area contributed by atoms with E-state index in [0.29, 0.717) is 29.4 Å². The Morgan fingerprint density at radius 2 is 2.12 bits per heavy atom. The summed E-state index contributed by atoms with van der Waals surface area (Å²) < 4.78 is 17.1. The predicted molar refractivity (Wildman–Crippen MR) is 99.8 cm³/mol. The van der Waals surface area contributed by atoms with Crippen molar-refractivity contribution in [2.24, 2.45) is 0 Å². The highest BCUT2D eigenvalue weighted by Gasteiger charge is 2.18. The van der Waals surface area contributed by atoms with Crippen LogP contribution in [0.5, 0.6) is 5.75 Å². The summed E-state index contributed by atoms with van der Waals surface area (Å²) in [5.41, 5.74) is 2.22. The molecule has 4 rings (SSSR count). The zero-order valence-electron chi connectivity index (χ0n) is 14.7. The Labute approximate surface area is 151 Å². The van der Waals surface area contributed by atoms with Gasteiger partial charge in [0.1, 0.15) is 17.9 Å². The van der Waals surface area contributed by atoms with Crippen LogP contribution in [-0.4, -0.2) is 25.2 Å². The monoisotopic (exact) mass is 351 g/mol. The summed E-state index contributed by atoms with van der Waals surface area (Å²) in [6, 6.07) is 15.0. The van der Waals surface area contributed by atoms with E-state index in [4.69, 9.17) is 13.9 Å². The molecule has 0 aliphatic carbocycles. The lowest BCUT2D eigenvalue weighted by atomic mass is 10.1. The zero-order chi connectivity index (χ0) is 17.9. The molecule has 1 amide bonds. The molecule has 1 aliphatic heterocycles. The van der Waals surface area contributed by atoms with E-state index in [1.807, 2.05) is 55.5 Å². The van der Waals surface area contributed by atoms with Crippen molar-refractivity contribution >= 4 is 22.6 Å². The Balaban J connectivity index is 1.46. The van der Waals surface area contributed by atoms with Crippen LogP contribution >= 0.6 is 0 Å². The Hall–Kier alpha value is -2.79. The first-order chi connectivity index (χ1) is 12.7. The maximum absolute atomic E-state index is 12.6. The summed E-state index contributed by atoms with van der Waals surface area (Å²) in [5.74, 6) is 0.770. The summed E-state index contributed by atoms with van der Waals surface area (Å²) in [6.45, 7) is 3.23. The van der Waals surface area contributed by atoms with Crippen molar-refractivity contribution in [3.05, 3.63) is 59.9 Å². The van der Waals surface area contributed by atoms with Crippen LogP contribution in [0.15, 0.2) is 52.9 Å². The molecule has 1 N–H and O–H groups in total. The first kappa shape index (κ1) is 16.7. The number of nitrogens with one attached hydrogen (secondary N) is 1. The molecule has 1 fully saturated rings. The lowest BCUT2D eigenvalue weighted by molar-refractivity contribution is 0.0679. The van der Waals surface area contributed by atoms with Gasteiger partial charge in [-0.3, -0.25) is 4.79 Å². The molecular weight excluding hydrogens is 330 g/mol. The van der Waals surface area contributed by atoms with Gasteiger partial charge in [-0.05, 0) is 38.0 Å². The second kappa shape index (κ2) is 7.22. The average Bonchev–Trinajstić information content (AvgIpc) is 3.29. The number of aryl methyl sites for hydroxylation is 1. The molecule has 0 saturated carbocycles. The van der Waals surface area contributed by atoms with Gasteiger partial charge >= 0.3 is 0 Å². The highest BCUT2D eigenvalue weighted by atomic mass is 16.5. The molecule has 0 radical (unpaired) electrons. The van der Waals surface area contributed by atoms with E-state index in [9.17, 15) is 4.79 Å². The van der Waals surface area contributed by atoms with Gasteiger partial charge in [-0.25, -0.2) is 0 Å². The Kier molecular flexibility index (Phi) is 4.63. The molecule has 5 nitrogen and oxygen atoms in total. The molecule has 26 heavy (non-hydrogen) atoms. The Morgan fingerprint density at radius 3 is 2.92 bits per heavy atom. The normalized spacial score (nSPS) is 16.7. The van der Waals surface area contributed by atoms with E-state index < -0.39 is 0 Å². The number of rotatable bonds is 5. The number of carbonyl (C=O) groups excluding carboxylic acids is 1. The van der Waals surface area contributed by atoms with E-state index in [0.717, 1.165) is 30.4 Å². The number of benzene rings is 2. The molecule has 1 atom stereocenters. The number of hydrogen-bond acceptors (Lipinski definition) is 4. The van der Waals surface area contributed by atoms with Crippen LogP contribution in [0.1, 0.15) is 29.0 Å². The van der Waals surface area contributed by atoms with Gasteiger partial charge in [0.25, 0.3) is 5.91 Å². The molecule has 1 aliphatic rings. The van der Waals surface area contributed by atoms with E-state index in [-0.39, 0.29) is 12.0 Å². The minimum Gasteiger partial charge on any atom is -0.491 e. The fraction of sp³-hybridized carbons (Fsp3) is 0.286. The number of furan rings is 1. The van der Waals surface area contributed by atoms with Crippen LogP contribution in [0.4, 0.5) is 5.69 Å². The van der Waals surface area contributed by atoms with Crippen LogP contribution in [0.25, 0.3) is 11.0 Å². The predicted octanol–water partition coefficient (Wildman–Crippen LogP) is 4.55. The number of anilines is 1. The van der Waals surface area contributed by atoms with Gasteiger partial charge in [-0.2, -0.15) is 0 Å². The number of fused-ring (bicyclic) bond motifs is 1. The van der Waals surface area contributed by atoms with Crippen LogP contribution in [-0.2, 0) is 4.74 Å². The van der Waals surface area contributed by atoms with Crippen LogP contribution in [0.2, 0.25) is 0 Å². The first-order valence-electron chi connectivity index (χ1n) is 8.84. The van der Waals surface area contributed by atoms with Crippen molar-refractivity contribution in [1.29, 1.82) is 0 Å². The SMILES string of the molecule is Cc1c(C(=O)Nc2cccc(OCC3CCCO3)c2)oc2ccccc12. The minimum absolute atomic E-state index is 0.159. The molecule has 2 aromatic carbocycles. The van der Waals surface area contributed by atoms with Crippen LogP contribution in [0.3, 0.4) is 0 Å². The van der Waals surface area contributed by atoms with Gasteiger partial charge in [0.15, 0.2) is 5.76 Å². The van der Waals surface area contributed by atoms with E-state index in [1.54, 1.807) is 0 Å². The van der Waals surface area contributed by atoms with Crippen LogP contribution in [0, 0.1) is 6.92 Å². The summed E-state index contributed by atoms with van der Waals surface area (Å²) >= 11 is 0. The molecule has 1 unspecified atom stereocenters. The molecule has 1 aromatic heterocycles. The van der Waals surface area contributed by atoms with E-state index in [1.165, 1.54) is 0 Å². The van der Waals surface area contributed by atoms with Gasteiger partial charge in [0.05, 0.1) is 6.10 Å². The smallest absolute Gasteiger partial charge is 0.291 e. The lowest BCUT2D eigenvalue weighted by Gasteiger charge is -2.12. The largest absolute Gasteiger partial charge is 0.491 e. The summed E-state index contributed by atoms with van der Waals surface area (Å²) in [6.07, 6.45) is 2.27. The average molecular weight is 351 g/mol. The maximum Gasteiger partial charge on any atom is 0.291 e. The van der Waals surface area contributed by atoms with Crippen molar-refractivity contribution in [2.75, 3.05) is 18.5 Å². The van der Waals surface area contributed by atoms with Gasteiger partial charge in [0, 0.05) is 29.3 Å². The summed E-state index contributed by atoms with van der Waals surface area (Å²) in [7, 11) is 0. The second-order valence-electron chi connectivity index (χ2n) is 6.48. The van der Waals surface area contributed by atoms with Gasteiger partial charge in [-0.1, -0.05) is 24.3 Å². The number of carbonyl (C=O) groups is 1. The molecule has 0 spiro atoms. The summed E-state index contributed by atoms with van der Waals surface area (Å²) in [4.78, 5) is 12.6. The standard InChI is InChI=1S/C21H21NO4/c1-14-18-9-2-3-10-19(18)26-20(14)21(23)22-15-6-4-7-16(12-15)25-13-17-8-5-11-24-17/h2-4,6-7,9-10,12,17H,5,8,11,13H2,1H3,(H,22,23). The van der Waals surface area contributed by atoms with Crippen molar-refractivity contribution in [3.63, 3.8) is 0 Å². The Morgan fingerprint density at radius 1 is 1.23 bits per heavy atom. The maximum atomic E-state index is 12.6. The first-order valence-corrected chi connectivity index (χ1v) is 8.84. The third kappa shape index (κ3) is 3.44. The summed E-state index contributed by atoms with van der Waals surface area (Å²) in [5, 5.41) is 3.83. The van der Waals surface area contributed by atoms with Crippen molar-refractivity contribution < 1.29 is 18.7 Å². The third-order valence-electron chi connectivity index (χ3n) is 4.60. The highest BCUT2D eigenvalue weighted by molar-refractivity contribution is 6.06. The topological polar surface area (TPSA) is 60.7 Å². The van der Waals surface area contributed by atoms with Gasteiger partial charge < -0.3 is 19.2 Å². The van der Waals surface area contributed by atoms with Crippen LogP contribution < -0.4 is 10.1 Å². The lowest BCUT2D eigenvalue weighted by Crippen LogP contribution is -2.16.